The van der Waals surface area contributed by atoms with Crippen molar-refractivity contribution in [3.8, 4) is 0 Å². The van der Waals surface area contributed by atoms with Gasteiger partial charge in [0.25, 0.3) is 5.92 Å². The monoisotopic (exact) mass is 207 g/mol. The molecule has 0 amide bonds. The first-order chi connectivity index (χ1) is 6.38. The third-order valence-electron chi connectivity index (χ3n) is 2.39. The van der Waals surface area contributed by atoms with Gasteiger partial charge in [-0.3, -0.25) is 9.69 Å². The molecule has 0 aromatic rings. The second kappa shape index (κ2) is 4.21. The molecule has 1 atom stereocenters. The number of hydrogen-bond donors (Lipinski definition) is 1. The van der Waals surface area contributed by atoms with Gasteiger partial charge in [-0.05, 0) is 19.4 Å². The first kappa shape index (κ1) is 11.4. The van der Waals surface area contributed by atoms with Gasteiger partial charge < -0.3 is 5.11 Å². The van der Waals surface area contributed by atoms with Crippen LogP contribution in [0.5, 0.6) is 0 Å². The minimum Gasteiger partial charge on any atom is -0.481 e. The average molecular weight is 207 g/mol. The van der Waals surface area contributed by atoms with E-state index in [1.807, 2.05) is 0 Å². The molecule has 1 rings (SSSR count). The first-order valence-corrected chi connectivity index (χ1v) is 4.72. The summed E-state index contributed by atoms with van der Waals surface area (Å²) >= 11 is 0. The summed E-state index contributed by atoms with van der Waals surface area (Å²) in [6, 6.07) is -0.210. The highest BCUT2D eigenvalue weighted by molar-refractivity contribution is 5.67. The Balaban J connectivity index is 2.47. The van der Waals surface area contributed by atoms with Crippen LogP contribution < -0.4 is 0 Å². The van der Waals surface area contributed by atoms with Crippen LogP contribution in [-0.4, -0.2) is 41.0 Å². The highest BCUT2D eigenvalue weighted by Crippen LogP contribution is 2.24. The second-order valence-corrected chi connectivity index (χ2v) is 3.93. The minimum atomic E-state index is -2.74. The van der Waals surface area contributed by atoms with E-state index in [1.54, 1.807) is 4.90 Å². The van der Waals surface area contributed by atoms with Gasteiger partial charge in [0.2, 0.25) is 0 Å². The van der Waals surface area contributed by atoms with Gasteiger partial charge in [-0.15, -0.1) is 0 Å². The van der Waals surface area contributed by atoms with E-state index in [1.165, 1.54) is 0 Å². The van der Waals surface area contributed by atoms with E-state index in [2.05, 4.69) is 0 Å². The fraction of sp³-hybridized carbons (Fsp3) is 0.889. The number of carbonyl (C=O) groups is 1. The molecule has 5 heteroatoms. The van der Waals surface area contributed by atoms with Crippen molar-refractivity contribution in [3.63, 3.8) is 0 Å². The van der Waals surface area contributed by atoms with E-state index in [0.717, 1.165) is 13.3 Å². The number of halogens is 2. The summed E-state index contributed by atoms with van der Waals surface area (Å²) in [5, 5.41) is 8.58. The van der Waals surface area contributed by atoms with Crippen LogP contribution >= 0.6 is 0 Å². The van der Waals surface area contributed by atoms with Crippen molar-refractivity contribution in [1.82, 2.24) is 4.90 Å². The third kappa shape index (κ3) is 3.57. The van der Waals surface area contributed by atoms with Crippen LogP contribution in [0.3, 0.4) is 0 Å². The summed E-state index contributed by atoms with van der Waals surface area (Å²) in [4.78, 5) is 12.0. The van der Waals surface area contributed by atoms with Gasteiger partial charge in [0.05, 0.1) is 13.0 Å². The molecule has 0 saturated carbocycles. The Bertz CT molecular complexity index is 215. The van der Waals surface area contributed by atoms with Gasteiger partial charge in [0.15, 0.2) is 0 Å². The Morgan fingerprint density at radius 1 is 1.64 bits per heavy atom. The van der Waals surface area contributed by atoms with E-state index < -0.39 is 11.9 Å². The van der Waals surface area contributed by atoms with E-state index in [-0.39, 0.29) is 19.0 Å². The summed E-state index contributed by atoms with van der Waals surface area (Å²) in [7, 11) is 0. The molecular formula is C9H15F2NO2. The maximum Gasteiger partial charge on any atom is 0.304 e. The molecule has 0 aliphatic carbocycles. The molecule has 1 unspecified atom stereocenters. The number of carboxylic acids is 1. The number of aliphatic carboxylic acids is 1. The molecule has 1 saturated heterocycles. The van der Waals surface area contributed by atoms with Crippen molar-refractivity contribution < 1.29 is 18.7 Å². The van der Waals surface area contributed by atoms with Crippen LogP contribution in [0, 0.1) is 0 Å². The van der Waals surface area contributed by atoms with Crippen molar-refractivity contribution in [1.29, 1.82) is 0 Å². The molecule has 1 N–H and O–H groups in total. The summed E-state index contributed by atoms with van der Waals surface area (Å²) in [5.74, 6) is -3.65. The molecule has 0 spiro atoms. The molecule has 0 radical (unpaired) electrons. The summed E-state index contributed by atoms with van der Waals surface area (Å²) in [6.07, 6.45) is 1.49. The largest absolute Gasteiger partial charge is 0.481 e. The molecule has 1 heterocycles. The molecule has 1 aliphatic heterocycles. The Morgan fingerprint density at radius 2 is 2.29 bits per heavy atom. The summed E-state index contributed by atoms with van der Waals surface area (Å²) in [6.45, 7) is 1.12. The van der Waals surface area contributed by atoms with Crippen LogP contribution in [0.4, 0.5) is 8.78 Å². The van der Waals surface area contributed by atoms with Gasteiger partial charge in [-0.25, -0.2) is 8.78 Å². The molecule has 14 heavy (non-hydrogen) atoms. The Hall–Kier alpha value is -0.710. The van der Waals surface area contributed by atoms with Crippen LogP contribution in [0.15, 0.2) is 0 Å². The van der Waals surface area contributed by atoms with Crippen LogP contribution in [0.2, 0.25) is 0 Å². The zero-order valence-corrected chi connectivity index (χ0v) is 8.17. The van der Waals surface area contributed by atoms with Crippen molar-refractivity contribution in [3.05, 3.63) is 0 Å². The first-order valence-electron chi connectivity index (χ1n) is 4.72. The predicted octanol–water partition coefficient (Wildman–Crippen LogP) is 1.58. The van der Waals surface area contributed by atoms with Crippen molar-refractivity contribution >= 4 is 5.97 Å². The van der Waals surface area contributed by atoms with Gasteiger partial charge in [0.1, 0.15) is 0 Å². The molecule has 1 fully saturated rings. The lowest BCUT2D eigenvalue weighted by Gasteiger charge is -2.25. The fourth-order valence-corrected chi connectivity index (χ4v) is 1.89. The van der Waals surface area contributed by atoms with Crippen LogP contribution in [0.1, 0.15) is 26.2 Å². The molecule has 82 valence electrons. The second-order valence-electron chi connectivity index (χ2n) is 3.93. The Morgan fingerprint density at radius 3 is 2.79 bits per heavy atom. The number of hydrogen-bond acceptors (Lipinski definition) is 2. The quantitative estimate of drug-likeness (QED) is 0.760. The van der Waals surface area contributed by atoms with Crippen LogP contribution in [-0.2, 0) is 4.79 Å². The number of nitrogens with zero attached hydrogens (tertiary/aromatic N) is 1. The Labute approximate surface area is 81.7 Å². The topological polar surface area (TPSA) is 40.5 Å². The van der Waals surface area contributed by atoms with Gasteiger partial charge in [0, 0.05) is 13.0 Å². The predicted molar refractivity (Wildman–Crippen MR) is 47.5 cm³/mol. The van der Waals surface area contributed by atoms with Crippen molar-refractivity contribution in [2.45, 2.75) is 38.2 Å². The lowest BCUT2D eigenvalue weighted by molar-refractivity contribution is -0.138. The van der Waals surface area contributed by atoms with Gasteiger partial charge in [-0.2, -0.15) is 0 Å². The Kier molecular flexibility index (Phi) is 3.42. The molecule has 0 aromatic carbocycles. The molecule has 3 nitrogen and oxygen atoms in total. The summed E-state index contributed by atoms with van der Waals surface area (Å²) in [5.41, 5.74) is 0. The smallest absolute Gasteiger partial charge is 0.304 e. The fourth-order valence-electron chi connectivity index (χ4n) is 1.89. The number of alkyl halides is 2. The molecule has 0 bridgehead atoms. The van der Waals surface area contributed by atoms with E-state index in [4.69, 9.17) is 5.11 Å². The van der Waals surface area contributed by atoms with Crippen LogP contribution in [0.25, 0.3) is 0 Å². The van der Waals surface area contributed by atoms with E-state index in [9.17, 15) is 13.6 Å². The molecule has 1 aliphatic rings. The standard InChI is InChI=1S/C9H15F2NO2/c1-9(10,11)6-12-4-2-3-7(12)5-8(13)14/h7H,2-6H2,1H3,(H,13,14). The number of likely N-dealkylation sites (tertiary alicyclic amines) is 1. The highest BCUT2D eigenvalue weighted by atomic mass is 19.3. The summed E-state index contributed by atoms with van der Waals surface area (Å²) < 4.78 is 25.4. The normalized spacial score (nSPS) is 24.1. The van der Waals surface area contributed by atoms with E-state index in [0.29, 0.717) is 13.0 Å². The zero-order valence-electron chi connectivity index (χ0n) is 8.17. The average Bonchev–Trinajstić information content (AvgIpc) is 2.32. The number of rotatable bonds is 4. The van der Waals surface area contributed by atoms with Crippen molar-refractivity contribution in [2.24, 2.45) is 0 Å². The lowest BCUT2D eigenvalue weighted by Crippen LogP contribution is -2.39. The molecule has 0 aromatic heterocycles. The SMILES string of the molecule is CC(F)(F)CN1CCCC1CC(=O)O. The third-order valence-corrected chi connectivity index (χ3v) is 2.39. The van der Waals surface area contributed by atoms with Gasteiger partial charge >= 0.3 is 5.97 Å². The van der Waals surface area contributed by atoms with Gasteiger partial charge in [-0.1, -0.05) is 0 Å². The zero-order chi connectivity index (χ0) is 10.8. The molecular weight excluding hydrogens is 192 g/mol. The maximum absolute atomic E-state index is 12.7. The maximum atomic E-state index is 12.7. The minimum absolute atomic E-state index is 0.0317. The van der Waals surface area contributed by atoms with E-state index >= 15 is 0 Å². The highest BCUT2D eigenvalue weighted by Gasteiger charge is 2.33. The lowest BCUT2D eigenvalue weighted by atomic mass is 10.1. The van der Waals surface area contributed by atoms with Crippen molar-refractivity contribution in [2.75, 3.05) is 13.1 Å². The number of carboxylic acid groups (broad SMARTS) is 1.